The molecule has 0 spiro atoms. The van der Waals surface area contributed by atoms with Crippen LogP contribution in [0.15, 0.2) is 45.5 Å². The SMILES string of the molecule is CNC(c1cc(Br)ccc1Br)c1ncccc1OC. The van der Waals surface area contributed by atoms with Gasteiger partial charge in [0.05, 0.1) is 13.2 Å². The Bertz CT molecular complexity index is 575. The van der Waals surface area contributed by atoms with Crippen LogP contribution in [-0.2, 0) is 0 Å². The van der Waals surface area contributed by atoms with Crippen molar-refractivity contribution < 1.29 is 4.74 Å². The highest BCUT2D eigenvalue weighted by molar-refractivity contribution is 9.11. The molecule has 0 saturated heterocycles. The van der Waals surface area contributed by atoms with Crippen LogP contribution in [0.25, 0.3) is 0 Å². The molecule has 1 heterocycles. The maximum atomic E-state index is 5.39. The molecule has 0 saturated carbocycles. The predicted octanol–water partition coefficient (Wildman–Crippen LogP) is 3.92. The summed E-state index contributed by atoms with van der Waals surface area (Å²) in [4.78, 5) is 4.44. The van der Waals surface area contributed by atoms with E-state index in [0.29, 0.717) is 0 Å². The number of nitrogens with one attached hydrogen (secondary N) is 1. The summed E-state index contributed by atoms with van der Waals surface area (Å²) in [6, 6.07) is 9.82. The molecule has 5 heteroatoms. The van der Waals surface area contributed by atoms with E-state index in [2.05, 4.69) is 48.2 Å². The fraction of sp³-hybridized carbons (Fsp3) is 0.214. The van der Waals surface area contributed by atoms with Crippen LogP contribution in [0.2, 0.25) is 0 Å². The van der Waals surface area contributed by atoms with Crippen molar-refractivity contribution in [3.63, 3.8) is 0 Å². The molecule has 0 amide bonds. The second-order valence-electron chi connectivity index (χ2n) is 3.98. The molecule has 0 aliphatic rings. The Hall–Kier alpha value is -0.910. The van der Waals surface area contributed by atoms with E-state index in [9.17, 15) is 0 Å². The van der Waals surface area contributed by atoms with Crippen LogP contribution < -0.4 is 10.1 Å². The van der Waals surface area contributed by atoms with Crippen molar-refractivity contribution in [2.45, 2.75) is 6.04 Å². The monoisotopic (exact) mass is 384 g/mol. The molecule has 0 radical (unpaired) electrons. The number of benzene rings is 1. The molecule has 0 aliphatic heterocycles. The minimum atomic E-state index is -0.0389. The summed E-state index contributed by atoms with van der Waals surface area (Å²) in [7, 11) is 3.56. The second kappa shape index (κ2) is 6.50. The zero-order valence-corrected chi connectivity index (χ0v) is 13.8. The average molecular weight is 386 g/mol. The van der Waals surface area contributed by atoms with E-state index in [-0.39, 0.29) is 6.04 Å². The molecule has 19 heavy (non-hydrogen) atoms. The van der Waals surface area contributed by atoms with Gasteiger partial charge in [-0.2, -0.15) is 0 Å². The first-order chi connectivity index (χ1) is 9.17. The number of ether oxygens (including phenoxy) is 1. The van der Waals surface area contributed by atoms with Crippen molar-refractivity contribution in [1.29, 1.82) is 0 Å². The van der Waals surface area contributed by atoms with Gasteiger partial charge in [0.1, 0.15) is 11.4 Å². The van der Waals surface area contributed by atoms with E-state index < -0.39 is 0 Å². The molecule has 0 aliphatic carbocycles. The fourth-order valence-electron chi connectivity index (χ4n) is 1.97. The Labute approximate surface area is 129 Å². The van der Waals surface area contributed by atoms with E-state index in [1.807, 2.05) is 31.3 Å². The minimum absolute atomic E-state index is 0.0389. The fourth-order valence-corrected chi connectivity index (χ4v) is 2.82. The molecule has 1 aromatic carbocycles. The highest BCUT2D eigenvalue weighted by Crippen LogP contribution is 2.33. The number of halogens is 2. The van der Waals surface area contributed by atoms with Gasteiger partial charge in [-0.15, -0.1) is 0 Å². The molecule has 1 unspecified atom stereocenters. The lowest BCUT2D eigenvalue weighted by atomic mass is 10.0. The van der Waals surface area contributed by atoms with Crippen molar-refractivity contribution in [1.82, 2.24) is 10.3 Å². The van der Waals surface area contributed by atoms with Gasteiger partial charge in [-0.05, 0) is 42.9 Å². The summed E-state index contributed by atoms with van der Waals surface area (Å²) in [6.45, 7) is 0. The zero-order chi connectivity index (χ0) is 13.8. The van der Waals surface area contributed by atoms with Crippen molar-refractivity contribution in [3.8, 4) is 5.75 Å². The molecule has 2 aromatic rings. The second-order valence-corrected chi connectivity index (χ2v) is 5.75. The number of nitrogens with zero attached hydrogens (tertiary/aromatic N) is 1. The zero-order valence-electron chi connectivity index (χ0n) is 10.7. The minimum Gasteiger partial charge on any atom is -0.495 e. The lowest BCUT2D eigenvalue weighted by molar-refractivity contribution is 0.401. The van der Waals surface area contributed by atoms with Crippen LogP contribution in [0, 0.1) is 0 Å². The predicted molar refractivity (Wildman–Crippen MR) is 83.5 cm³/mol. The maximum Gasteiger partial charge on any atom is 0.142 e. The number of methoxy groups -OCH3 is 1. The van der Waals surface area contributed by atoms with Gasteiger partial charge in [-0.3, -0.25) is 4.98 Å². The number of hydrogen-bond donors (Lipinski definition) is 1. The van der Waals surface area contributed by atoms with Crippen LogP contribution in [0.1, 0.15) is 17.3 Å². The smallest absolute Gasteiger partial charge is 0.142 e. The van der Waals surface area contributed by atoms with Crippen LogP contribution in [0.5, 0.6) is 5.75 Å². The van der Waals surface area contributed by atoms with E-state index in [0.717, 1.165) is 26.0 Å². The van der Waals surface area contributed by atoms with Gasteiger partial charge in [0.2, 0.25) is 0 Å². The van der Waals surface area contributed by atoms with Gasteiger partial charge in [0.25, 0.3) is 0 Å². The highest BCUT2D eigenvalue weighted by Gasteiger charge is 2.20. The third-order valence-electron chi connectivity index (χ3n) is 2.85. The number of hydrogen-bond acceptors (Lipinski definition) is 3. The summed E-state index contributed by atoms with van der Waals surface area (Å²) in [6.07, 6.45) is 1.77. The lowest BCUT2D eigenvalue weighted by Gasteiger charge is -2.20. The van der Waals surface area contributed by atoms with Gasteiger partial charge in [0, 0.05) is 15.1 Å². The Morgan fingerprint density at radius 2 is 2.05 bits per heavy atom. The molecule has 2 rings (SSSR count). The van der Waals surface area contributed by atoms with Gasteiger partial charge in [-0.25, -0.2) is 0 Å². The van der Waals surface area contributed by atoms with Gasteiger partial charge >= 0.3 is 0 Å². The first-order valence-electron chi connectivity index (χ1n) is 5.78. The van der Waals surface area contributed by atoms with E-state index in [4.69, 9.17) is 4.74 Å². The highest BCUT2D eigenvalue weighted by atomic mass is 79.9. The molecule has 1 N–H and O–H groups in total. The summed E-state index contributed by atoms with van der Waals surface area (Å²) < 4.78 is 7.45. The molecular weight excluding hydrogens is 372 g/mol. The maximum absolute atomic E-state index is 5.39. The number of rotatable bonds is 4. The molecule has 0 fully saturated rings. The third-order valence-corrected chi connectivity index (χ3v) is 4.07. The van der Waals surface area contributed by atoms with Crippen molar-refractivity contribution in [2.24, 2.45) is 0 Å². The summed E-state index contributed by atoms with van der Waals surface area (Å²) in [5.41, 5.74) is 1.97. The molecule has 1 aromatic heterocycles. The van der Waals surface area contributed by atoms with Gasteiger partial charge in [0.15, 0.2) is 0 Å². The summed E-state index contributed by atoms with van der Waals surface area (Å²) >= 11 is 7.09. The van der Waals surface area contributed by atoms with Crippen LogP contribution in [-0.4, -0.2) is 19.1 Å². The Balaban J connectivity index is 2.53. The Morgan fingerprint density at radius 1 is 1.26 bits per heavy atom. The van der Waals surface area contributed by atoms with Crippen LogP contribution in [0.4, 0.5) is 0 Å². The Kier molecular flexibility index (Phi) is 4.96. The molecule has 3 nitrogen and oxygen atoms in total. The third kappa shape index (κ3) is 3.16. The van der Waals surface area contributed by atoms with Gasteiger partial charge in [-0.1, -0.05) is 31.9 Å². The molecule has 1 atom stereocenters. The van der Waals surface area contributed by atoms with Crippen molar-refractivity contribution in [3.05, 3.63) is 56.7 Å². The summed E-state index contributed by atoms with van der Waals surface area (Å²) in [5, 5.41) is 3.28. The lowest BCUT2D eigenvalue weighted by Crippen LogP contribution is -2.20. The average Bonchev–Trinajstić information content (AvgIpc) is 2.44. The van der Waals surface area contributed by atoms with Crippen LogP contribution >= 0.6 is 31.9 Å². The normalized spacial score (nSPS) is 12.2. The van der Waals surface area contributed by atoms with E-state index in [1.165, 1.54) is 0 Å². The first kappa shape index (κ1) is 14.5. The molecule has 100 valence electrons. The first-order valence-corrected chi connectivity index (χ1v) is 7.37. The van der Waals surface area contributed by atoms with Crippen LogP contribution in [0.3, 0.4) is 0 Å². The van der Waals surface area contributed by atoms with E-state index >= 15 is 0 Å². The topological polar surface area (TPSA) is 34.2 Å². The standard InChI is InChI=1S/C14H14Br2N2O/c1-17-13(10-8-9(15)5-6-11(10)16)14-12(19-2)4-3-7-18-14/h3-8,13,17H,1-2H3. The van der Waals surface area contributed by atoms with Crippen molar-refractivity contribution >= 4 is 31.9 Å². The quantitative estimate of drug-likeness (QED) is 0.865. The largest absolute Gasteiger partial charge is 0.495 e. The summed E-state index contributed by atoms with van der Waals surface area (Å²) in [5.74, 6) is 0.772. The van der Waals surface area contributed by atoms with E-state index in [1.54, 1.807) is 13.3 Å². The van der Waals surface area contributed by atoms with Crippen molar-refractivity contribution in [2.75, 3.05) is 14.2 Å². The number of aromatic nitrogens is 1. The van der Waals surface area contributed by atoms with Gasteiger partial charge < -0.3 is 10.1 Å². The Morgan fingerprint density at radius 3 is 2.74 bits per heavy atom. The molecule has 0 bridgehead atoms. The molecular formula is C14H14Br2N2O. The number of pyridine rings is 1.